The first-order chi connectivity index (χ1) is 8.97. The Kier molecular flexibility index (Phi) is 3.57. The van der Waals surface area contributed by atoms with Crippen molar-refractivity contribution in [1.82, 2.24) is 0 Å². The number of carbonyl (C=O) groups is 1. The summed E-state index contributed by atoms with van der Waals surface area (Å²) in [4.78, 5) is 11.9. The number of para-hydroxylation sites is 1. The summed E-state index contributed by atoms with van der Waals surface area (Å²) in [5, 5.41) is 20.9. The predicted octanol–water partition coefficient (Wildman–Crippen LogP) is 3.14. The quantitative estimate of drug-likeness (QED) is 0.792. The molecule has 0 bridgehead atoms. The van der Waals surface area contributed by atoms with E-state index in [4.69, 9.17) is 11.6 Å². The highest BCUT2D eigenvalue weighted by Gasteiger charge is 2.13. The molecule has 0 aromatic heterocycles. The van der Waals surface area contributed by atoms with Gasteiger partial charge in [0.05, 0.1) is 10.7 Å². The van der Waals surface area contributed by atoms with Gasteiger partial charge in [0.1, 0.15) is 17.3 Å². The van der Waals surface area contributed by atoms with Crippen molar-refractivity contribution in [2.75, 3.05) is 5.32 Å². The average Bonchev–Trinajstić information content (AvgIpc) is 2.32. The van der Waals surface area contributed by atoms with Crippen LogP contribution in [-0.2, 0) is 0 Å². The second kappa shape index (κ2) is 5.16. The summed E-state index contributed by atoms with van der Waals surface area (Å²) in [6.45, 7) is 0. The Bertz CT molecular complexity index is 605. The molecule has 1 amide bonds. The molecule has 0 aliphatic carbocycles. The average molecular weight is 282 g/mol. The van der Waals surface area contributed by atoms with Gasteiger partial charge in [0.25, 0.3) is 5.91 Å². The zero-order valence-corrected chi connectivity index (χ0v) is 10.3. The largest absolute Gasteiger partial charge is 0.508 e. The molecule has 2 aromatic carbocycles. The van der Waals surface area contributed by atoms with Gasteiger partial charge in [0.15, 0.2) is 0 Å². The van der Waals surface area contributed by atoms with Crippen molar-refractivity contribution in [3.8, 4) is 11.5 Å². The summed E-state index contributed by atoms with van der Waals surface area (Å²) in [6.07, 6.45) is 0. The Hall–Kier alpha value is -2.27. The van der Waals surface area contributed by atoms with Crippen molar-refractivity contribution in [2.45, 2.75) is 0 Å². The molecule has 3 N–H and O–H groups in total. The van der Waals surface area contributed by atoms with E-state index in [1.807, 2.05) is 0 Å². The number of aromatic hydroxyl groups is 2. The number of benzene rings is 2. The molecular weight excluding hydrogens is 273 g/mol. The molecule has 0 heterocycles. The van der Waals surface area contributed by atoms with Gasteiger partial charge in [-0.15, -0.1) is 0 Å². The maximum Gasteiger partial charge on any atom is 0.256 e. The van der Waals surface area contributed by atoms with Gasteiger partial charge < -0.3 is 15.5 Å². The Morgan fingerprint density at radius 2 is 1.79 bits per heavy atom. The van der Waals surface area contributed by atoms with Gasteiger partial charge in [0, 0.05) is 11.6 Å². The van der Waals surface area contributed by atoms with Gasteiger partial charge in [0.2, 0.25) is 0 Å². The fourth-order valence-corrected chi connectivity index (χ4v) is 1.74. The summed E-state index contributed by atoms with van der Waals surface area (Å²) in [7, 11) is 0. The van der Waals surface area contributed by atoms with Crippen molar-refractivity contribution in [3.05, 3.63) is 52.8 Å². The number of phenols is 2. The molecule has 4 nitrogen and oxygen atoms in total. The van der Waals surface area contributed by atoms with E-state index in [9.17, 15) is 19.4 Å². The van der Waals surface area contributed by atoms with Crippen LogP contribution in [0.3, 0.4) is 0 Å². The summed E-state index contributed by atoms with van der Waals surface area (Å²) >= 11 is 5.77. The van der Waals surface area contributed by atoms with E-state index in [1.165, 1.54) is 12.1 Å². The normalized spacial score (nSPS) is 10.2. The first kappa shape index (κ1) is 13.2. The summed E-state index contributed by atoms with van der Waals surface area (Å²) < 4.78 is 13.5. The van der Waals surface area contributed by atoms with E-state index < -0.39 is 11.7 Å². The molecule has 2 rings (SSSR count). The van der Waals surface area contributed by atoms with E-state index in [0.717, 1.165) is 24.3 Å². The van der Waals surface area contributed by atoms with Crippen molar-refractivity contribution in [1.29, 1.82) is 0 Å². The van der Waals surface area contributed by atoms with Crippen molar-refractivity contribution in [2.24, 2.45) is 0 Å². The van der Waals surface area contributed by atoms with Crippen LogP contribution in [0, 0.1) is 5.82 Å². The van der Waals surface area contributed by atoms with Crippen molar-refractivity contribution in [3.63, 3.8) is 0 Å². The summed E-state index contributed by atoms with van der Waals surface area (Å²) in [5.74, 6) is -1.92. The number of carbonyl (C=O) groups excluding carboxylic acids is 1. The van der Waals surface area contributed by atoms with Crippen LogP contribution in [0.4, 0.5) is 10.1 Å². The van der Waals surface area contributed by atoms with Crippen LogP contribution >= 0.6 is 11.6 Å². The third-order valence-electron chi connectivity index (χ3n) is 2.37. The second-order valence-electron chi connectivity index (χ2n) is 3.79. The lowest BCUT2D eigenvalue weighted by Gasteiger charge is -2.08. The number of hydrogen-bond donors (Lipinski definition) is 3. The molecule has 98 valence electrons. The Balaban J connectivity index is 2.31. The predicted molar refractivity (Wildman–Crippen MR) is 69.1 cm³/mol. The fraction of sp³-hybridized carbons (Fsp3) is 0. The van der Waals surface area contributed by atoms with E-state index in [-0.39, 0.29) is 27.8 Å². The topological polar surface area (TPSA) is 69.6 Å². The molecule has 6 heteroatoms. The number of amides is 1. The molecule has 19 heavy (non-hydrogen) atoms. The maximum atomic E-state index is 13.5. The smallest absolute Gasteiger partial charge is 0.256 e. The standard InChI is InChI=1S/C13H9ClFNO3/c14-10-2-1-3-11(15)12(10)16-13(19)7-4-8(17)6-9(18)5-7/h1-6,17-18H,(H,16,19). The fourth-order valence-electron chi connectivity index (χ4n) is 1.53. The first-order valence-electron chi connectivity index (χ1n) is 5.26. The number of phenolic OH excluding ortho intramolecular Hbond substituents is 2. The first-order valence-corrected chi connectivity index (χ1v) is 5.63. The summed E-state index contributed by atoms with van der Waals surface area (Å²) in [6, 6.07) is 7.36. The number of rotatable bonds is 2. The van der Waals surface area contributed by atoms with E-state index in [0.29, 0.717) is 0 Å². The Morgan fingerprint density at radius 3 is 2.37 bits per heavy atom. The number of hydrogen-bond acceptors (Lipinski definition) is 3. The molecule has 2 aromatic rings. The van der Waals surface area contributed by atoms with Gasteiger partial charge >= 0.3 is 0 Å². The highest BCUT2D eigenvalue weighted by molar-refractivity contribution is 6.34. The maximum absolute atomic E-state index is 13.5. The highest BCUT2D eigenvalue weighted by Crippen LogP contribution is 2.26. The van der Waals surface area contributed by atoms with Crippen molar-refractivity contribution >= 4 is 23.2 Å². The third-order valence-corrected chi connectivity index (χ3v) is 2.68. The number of anilines is 1. The number of halogens is 2. The number of nitrogens with one attached hydrogen (secondary N) is 1. The third kappa shape index (κ3) is 2.95. The van der Waals surface area contributed by atoms with Crippen LogP contribution in [0.1, 0.15) is 10.4 Å². The monoisotopic (exact) mass is 281 g/mol. The second-order valence-corrected chi connectivity index (χ2v) is 4.20. The molecule has 0 spiro atoms. The SMILES string of the molecule is O=C(Nc1c(F)cccc1Cl)c1cc(O)cc(O)c1. The zero-order valence-electron chi connectivity index (χ0n) is 9.52. The van der Waals surface area contributed by atoms with Gasteiger partial charge in [-0.25, -0.2) is 4.39 Å². The lowest BCUT2D eigenvalue weighted by Crippen LogP contribution is -2.13. The van der Waals surface area contributed by atoms with Crippen LogP contribution in [0.25, 0.3) is 0 Å². The van der Waals surface area contributed by atoms with Crippen LogP contribution in [-0.4, -0.2) is 16.1 Å². The van der Waals surface area contributed by atoms with Crippen LogP contribution in [0.2, 0.25) is 5.02 Å². The van der Waals surface area contributed by atoms with Crippen LogP contribution in [0.5, 0.6) is 11.5 Å². The molecule has 0 saturated carbocycles. The van der Waals surface area contributed by atoms with Crippen LogP contribution < -0.4 is 5.32 Å². The molecular formula is C13H9ClFNO3. The van der Waals surface area contributed by atoms with Gasteiger partial charge in [-0.1, -0.05) is 17.7 Å². The minimum Gasteiger partial charge on any atom is -0.508 e. The molecule has 0 unspecified atom stereocenters. The van der Waals surface area contributed by atoms with E-state index >= 15 is 0 Å². The van der Waals surface area contributed by atoms with E-state index in [1.54, 1.807) is 0 Å². The minimum atomic E-state index is -0.696. The van der Waals surface area contributed by atoms with Gasteiger partial charge in [-0.05, 0) is 24.3 Å². The van der Waals surface area contributed by atoms with Crippen molar-refractivity contribution < 1.29 is 19.4 Å². The zero-order chi connectivity index (χ0) is 14.0. The molecule has 0 aliphatic heterocycles. The summed E-state index contributed by atoms with van der Waals surface area (Å²) in [5.41, 5.74) is -0.172. The lowest BCUT2D eigenvalue weighted by molar-refractivity contribution is 0.102. The Labute approximate surface area is 113 Å². The van der Waals surface area contributed by atoms with E-state index in [2.05, 4.69) is 5.32 Å². The molecule has 0 saturated heterocycles. The van der Waals surface area contributed by atoms with Crippen LogP contribution in [0.15, 0.2) is 36.4 Å². The van der Waals surface area contributed by atoms with Gasteiger partial charge in [-0.3, -0.25) is 4.79 Å². The highest BCUT2D eigenvalue weighted by atomic mass is 35.5. The molecule has 0 fully saturated rings. The Morgan fingerprint density at radius 1 is 1.16 bits per heavy atom. The molecule has 0 radical (unpaired) electrons. The minimum absolute atomic E-state index is 0.0168. The van der Waals surface area contributed by atoms with Gasteiger partial charge in [-0.2, -0.15) is 0 Å². The molecule has 0 aliphatic rings. The molecule has 0 atom stereocenters. The lowest BCUT2D eigenvalue weighted by atomic mass is 10.2.